The highest BCUT2D eigenvalue weighted by molar-refractivity contribution is 7.21. The van der Waals surface area contributed by atoms with Crippen molar-refractivity contribution in [3.63, 3.8) is 0 Å². The average Bonchev–Trinajstić information content (AvgIpc) is 3.08. The van der Waals surface area contributed by atoms with Crippen molar-refractivity contribution in [2.75, 3.05) is 7.11 Å². The van der Waals surface area contributed by atoms with Gasteiger partial charge in [0.25, 0.3) is 0 Å². The van der Waals surface area contributed by atoms with Gasteiger partial charge in [-0.1, -0.05) is 25.4 Å². The number of hydrogen-bond acceptors (Lipinski definition) is 6. The Kier molecular flexibility index (Phi) is 5.76. The smallest absolute Gasteiger partial charge is 0.126 e. The van der Waals surface area contributed by atoms with Crippen molar-refractivity contribution in [1.82, 2.24) is 19.9 Å². The molecule has 3 heterocycles. The lowest BCUT2D eigenvalue weighted by molar-refractivity contribution is 0.181. The fraction of sp³-hybridized carbons (Fsp3) is 0.263. The largest absolute Gasteiger partial charge is 0.378 e. The molecule has 134 valence electrons. The standard InChI is InChI=1S/C17H13ClN4OS.C2H6/c1-9-3-11(15-13(4-9)21-10(5-20-15)8-23-2)17-22-16-12(18)6-19-7-14(16)24-17;1-2/h3-7H,8H2,1-2H3;1-2H3. The van der Waals surface area contributed by atoms with Gasteiger partial charge in [0.2, 0.25) is 0 Å². The fourth-order valence-electron chi connectivity index (χ4n) is 2.62. The van der Waals surface area contributed by atoms with Gasteiger partial charge in [0.05, 0.1) is 39.3 Å². The van der Waals surface area contributed by atoms with E-state index in [4.69, 9.17) is 16.3 Å². The lowest BCUT2D eigenvalue weighted by Crippen LogP contribution is -1.96. The first-order valence-corrected chi connectivity index (χ1v) is 9.51. The Morgan fingerprint density at radius 1 is 1.08 bits per heavy atom. The molecule has 0 radical (unpaired) electrons. The number of pyridine rings is 1. The predicted molar refractivity (Wildman–Crippen MR) is 108 cm³/mol. The second kappa shape index (κ2) is 8.03. The van der Waals surface area contributed by atoms with Crippen molar-refractivity contribution in [3.8, 4) is 10.6 Å². The van der Waals surface area contributed by atoms with Crippen LogP contribution >= 0.6 is 22.9 Å². The van der Waals surface area contributed by atoms with Crippen LogP contribution in [-0.4, -0.2) is 27.0 Å². The molecular formula is C19H19ClN4OS. The van der Waals surface area contributed by atoms with Crippen LogP contribution in [0.1, 0.15) is 25.1 Å². The maximum absolute atomic E-state index is 6.20. The highest BCUT2D eigenvalue weighted by atomic mass is 35.5. The van der Waals surface area contributed by atoms with Crippen LogP contribution in [0.4, 0.5) is 0 Å². The fourth-order valence-corrected chi connectivity index (χ4v) is 3.85. The summed E-state index contributed by atoms with van der Waals surface area (Å²) in [6.45, 7) is 6.48. The Morgan fingerprint density at radius 2 is 1.88 bits per heavy atom. The number of fused-ring (bicyclic) bond motifs is 2. The summed E-state index contributed by atoms with van der Waals surface area (Å²) in [7, 11) is 1.65. The second-order valence-electron chi connectivity index (χ2n) is 5.46. The average molecular weight is 387 g/mol. The summed E-state index contributed by atoms with van der Waals surface area (Å²) in [4.78, 5) is 18.0. The lowest BCUT2D eigenvalue weighted by Gasteiger charge is -2.06. The van der Waals surface area contributed by atoms with Crippen LogP contribution in [0.3, 0.4) is 0 Å². The molecule has 0 saturated carbocycles. The number of halogens is 1. The number of methoxy groups -OCH3 is 1. The Balaban J connectivity index is 0.000000948. The zero-order chi connectivity index (χ0) is 18.7. The van der Waals surface area contributed by atoms with E-state index in [1.807, 2.05) is 26.8 Å². The number of benzene rings is 1. The van der Waals surface area contributed by atoms with Crippen LogP contribution in [0.2, 0.25) is 5.02 Å². The number of aryl methyl sites for hydroxylation is 1. The first-order chi connectivity index (χ1) is 12.7. The van der Waals surface area contributed by atoms with Gasteiger partial charge >= 0.3 is 0 Å². The van der Waals surface area contributed by atoms with Gasteiger partial charge in [-0.2, -0.15) is 0 Å². The second-order valence-corrected chi connectivity index (χ2v) is 6.90. The van der Waals surface area contributed by atoms with E-state index in [0.717, 1.165) is 43.1 Å². The van der Waals surface area contributed by atoms with E-state index < -0.39 is 0 Å². The molecule has 0 spiro atoms. The third-order valence-electron chi connectivity index (χ3n) is 3.62. The highest BCUT2D eigenvalue weighted by Crippen LogP contribution is 2.36. The van der Waals surface area contributed by atoms with Crippen LogP contribution < -0.4 is 0 Å². The van der Waals surface area contributed by atoms with Gasteiger partial charge in [-0.3, -0.25) is 9.97 Å². The molecule has 0 N–H and O–H groups in total. The normalized spacial score (nSPS) is 10.8. The molecule has 0 aliphatic carbocycles. The maximum Gasteiger partial charge on any atom is 0.126 e. The molecule has 1 aromatic carbocycles. The number of nitrogens with zero attached hydrogens (tertiary/aromatic N) is 4. The highest BCUT2D eigenvalue weighted by Gasteiger charge is 2.14. The summed E-state index contributed by atoms with van der Waals surface area (Å²) < 4.78 is 6.10. The third kappa shape index (κ3) is 3.53. The molecule has 5 nitrogen and oxygen atoms in total. The van der Waals surface area contributed by atoms with E-state index in [2.05, 4.69) is 26.0 Å². The topological polar surface area (TPSA) is 60.8 Å². The number of ether oxygens (including phenoxy) is 1. The van der Waals surface area contributed by atoms with E-state index in [1.165, 1.54) is 0 Å². The molecule has 0 aliphatic rings. The van der Waals surface area contributed by atoms with E-state index in [0.29, 0.717) is 11.6 Å². The molecule has 4 rings (SSSR count). The zero-order valence-electron chi connectivity index (χ0n) is 15.1. The Labute approximate surface area is 161 Å². The maximum atomic E-state index is 6.20. The summed E-state index contributed by atoms with van der Waals surface area (Å²) in [6.07, 6.45) is 5.13. The predicted octanol–water partition coefficient (Wildman–Crippen LogP) is 5.44. The minimum absolute atomic E-state index is 0.439. The number of thiazole rings is 1. The van der Waals surface area contributed by atoms with Crippen molar-refractivity contribution < 1.29 is 4.74 Å². The minimum Gasteiger partial charge on any atom is -0.378 e. The molecule has 4 aromatic rings. The SMILES string of the molecule is CC.COCc1cnc2c(-c3nc4c(Cl)cncc4s3)cc(C)cc2n1. The van der Waals surface area contributed by atoms with Crippen molar-refractivity contribution in [2.24, 2.45) is 0 Å². The quantitative estimate of drug-likeness (QED) is 0.469. The van der Waals surface area contributed by atoms with Crippen LogP contribution in [0.15, 0.2) is 30.7 Å². The van der Waals surface area contributed by atoms with Crippen molar-refractivity contribution in [1.29, 1.82) is 0 Å². The molecule has 26 heavy (non-hydrogen) atoms. The molecule has 0 bridgehead atoms. The van der Waals surface area contributed by atoms with Gasteiger partial charge < -0.3 is 4.74 Å². The van der Waals surface area contributed by atoms with Gasteiger partial charge in [0.15, 0.2) is 0 Å². The molecular weight excluding hydrogens is 368 g/mol. The Hall–Kier alpha value is -2.15. The van der Waals surface area contributed by atoms with Crippen LogP contribution in [0, 0.1) is 6.92 Å². The molecule has 0 saturated heterocycles. The third-order valence-corrected chi connectivity index (χ3v) is 4.92. The summed E-state index contributed by atoms with van der Waals surface area (Å²) in [6, 6.07) is 4.10. The van der Waals surface area contributed by atoms with E-state index >= 15 is 0 Å². The van der Waals surface area contributed by atoms with Crippen LogP contribution in [0.25, 0.3) is 31.8 Å². The van der Waals surface area contributed by atoms with Gasteiger partial charge in [-0.05, 0) is 24.6 Å². The minimum atomic E-state index is 0.439. The number of rotatable bonds is 3. The summed E-state index contributed by atoms with van der Waals surface area (Å²) in [5.41, 5.74) is 5.29. The molecule has 0 aliphatic heterocycles. The molecule has 0 atom stereocenters. The van der Waals surface area contributed by atoms with Crippen LogP contribution in [0.5, 0.6) is 0 Å². The van der Waals surface area contributed by atoms with Gasteiger partial charge in [0, 0.05) is 25.1 Å². The van der Waals surface area contributed by atoms with Crippen molar-refractivity contribution in [3.05, 3.63) is 47.0 Å². The Bertz CT molecular complexity index is 1060. The lowest BCUT2D eigenvalue weighted by atomic mass is 10.1. The van der Waals surface area contributed by atoms with Gasteiger partial charge in [-0.25, -0.2) is 9.97 Å². The monoisotopic (exact) mass is 386 g/mol. The molecule has 3 aromatic heterocycles. The Morgan fingerprint density at radius 3 is 2.62 bits per heavy atom. The summed E-state index contributed by atoms with van der Waals surface area (Å²) >= 11 is 7.75. The van der Waals surface area contributed by atoms with E-state index in [-0.39, 0.29) is 0 Å². The van der Waals surface area contributed by atoms with Gasteiger partial charge in [0.1, 0.15) is 10.5 Å². The molecule has 7 heteroatoms. The number of hydrogen-bond donors (Lipinski definition) is 0. The van der Waals surface area contributed by atoms with Crippen molar-refractivity contribution in [2.45, 2.75) is 27.4 Å². The van der Waals surface area contributed by atoms with E-state index in [9.17, 15) is 0 Å². The van der Waals surface area contributed by atoms with Crippen LogP contribution in [-0.2, 0) is 11.3 Å². The first kappa shape index (κ1) is 18.6. The first-order valence-electron chi connectivity index (χ1n) is 8.31. The molecule has 0 fully saturated rings. The van der Waals surface area contributed by atoms with Gasteiger partial charge in [-0.15, -0.1) is 11.3 Å². The van der Waals surface area contributed by atoms with Crippen molar-refractivity contribution >= 4 is 44.2 Å². The number of aromatic nitrogens is 4. The zero-order valence-corrected chi connectivity index (χ0v) is 16.6. The van der Waals surface area contributed by atoms with E-state index in [1.54, 1.807) is 37.0 Å². The summed E-state index contributed by atoms with van der Waals surface area (Å²) in [5.74, 6) is 0. The summed E-state index contributed by atoms with van der Waals surface area (Å²) in [5, 5.41) is 1.42. The molecule has 0 unspecified atom stereocenters. The molecule has 0 amide bonds.